The highest BCUT2D eigenvalue weighted by atomic mass is 32.1. The number of ether oxygens (including phenoxy) is 1. The molecule has 0 fully saturated rings. The summed E-state index contributed by atoms with van der Waals surface area (Å²) in [7, 11) is 0. The Bertz CT molecular complexity index is 406. The van der Waals surface area contributed by atoms with Gasteiger partial charge in [-0.2, -0.15) is 13.2 Å². The van der Waals surface area contributed by atoms with Crippen LogP contribution in [0.5, 0.6) is 0 Å². The second kappa shape index (κ2) is 4.56. The van der Waals surface area contributed by atoms with Crippen molar-refractivity contribution in [2.45, 2.75) is 32.5 Å². The molecular formula is C10H12F3NO2S. The fourth-order valence-electron chi connectivity index (χ4n) is 0.962. The molecule has 1 N–H and O–H groups in total. The Kier molecular flexibility index (Phi) is 3.71. The summed E-state index contributed by atoms with van der Waals surface area (Å²) in [5, 5.41) is 2.35. The predicted octanol–water partition coefficient (Wildman–Crippen LogP) is 4.11. The first-order valence-corrected chi connectivity index (χ1v) is 5.56. The Labute approximate surface area is 101 Å². The van der Waals surface area contributed by atoms with Gasteiger partial charge in [-0.15, -0.1) is 11.3 Å². The van der Waals surface area contributed by atoms with Crippen LogP contribution in [0.4, 0.5) is 23.0 Å². The van der Waals surface area contributed by atoms with E-state index in [1.807, 2.05) is 0 Å². The lowest BCUT2D eigenvalue weighted by molar-refractivity contribution is -0.134. The van der Waals surface area contributed by atoms with Crippen LogP contribution in [-0.4, -0.2) is 11.7 Å². The molecule has 0 saturated carbocycles. The fourth-order valence-corrected chi connectivity index (χ4v) is 1.72. The largest absolute Gasteiger partial charge is 0.444 e. The van der Waals surface area contributed by atoms with Crippen LogP contribution in [0, 0.1) is 0 Å². The number of amides is 1. The highest BCUT2D eigenvalue weighted by Gasteiger charge is 2.32. The van der Waals surface area contributed by atoms with Gasteiger partial charge in [-0.25, -0.2) is 4.79 Å². The van der Waals surface area contributed by atoms with Gasteiger partial charge < -0.3 is 4.74 Å². The Hall–Kier alpha value is -1.24. The van der Waals surface area contributed by atoms with Crippen LogP contribution in [-0.2, 0) is 10.9 Å². The molecular weight excluding hydrogens is 255 g/mol. The molecule has 0 aliphatic heterocycles. The summed E-state index contributed by atoms with van der Waals surface area (Å²) in [5.74, 6) is 0. The van der Waals surface area contributed by atoms with Gasteiger partial charge in [0.1, 0.15) is 10.5 Å². The first kappa shape index (κ1) is 13.8. The summed E-state index contributed by atoms with van der Waals surface area (Å²) in [6.07, 6.45) is -5.16. The van der Waals surface area contributed by atoms with Crippen LogP contribution < -0.4 is 5.32 Å². The van der Waals surface area contributed by atoms with Crippen LogP contribution in [0.15, 0.2) is 12.1 Å². The number of thiophene rings is 1. The van der Waals surface area contributed by atoms with Gasteiger partial charge >= 0.3 is 12.3 Å². The second-order valence-corrected chi connectivity index (χ2v) is 5.37. The third-order valence-corrected chi connectivity index (χ3v) is 2.56. The molecule has 1 heterocycles. The van der Waals surface area contributed by atoms with E-state index in [0.29, 0.717) is 11.3 Å². The number of halogens is 3. The molecule has 0 aliphatic carbocycles. The van der Waals surface area contributed by atoms with Gasteiger partial charge in [-0.1, -0.05) is 0 Å². The molecule has 1 rings (SSSR count). The predicted molar refractivity (Wildman–Crippen MR) is 59.2 cm³/mol. The van der Waals surface area contributed by atoms with E-state index in [9.17, 15) is 18.0 Å². The van der Waals surface area contributed by atoms with E-state index in [2.05, 4.69) is 5.32 Å². The molecule has 0 aliphatic rings. The maximum Gasteiger partial charge on any atom is 0.425 e. The molecule has 0 atom stereocenters. The lowest BCUT2D eigenvalue weighted by atomic mass is 10.2. The molecule has 1 aromatic rings. The van der Waals surface area contributed by atoms with Gasteiger partial charge in [0.15, 0.2) is 0 Å². The van der Waals surface area contributed by atoms with E-state index in [1.165, 1.54) is 6.07 Å². The maximum absolute atomic E-state index is 12.3. The summed E-state index contributed by atoms with van der Waals surface area (Å²) in [4.78, 5) is 10.5. The first-order chi connectivity index (χ1) is 7.58. The SMILES string of the molecule is CC(C)(C)OC(=O)Nc1ccc(C(F)(F)F)s1. The average Bonchev–Trinajstić information content (AvgIpc) is 2.47. The standard InChI is InChI=1S/C10H12F3NO2S/c1-9(2,3)16-8(15)14-7-5-4-6(17-7)10(11,12)13/h4-5H,1-3H3,(H,14,15). The summed E-state index contributed by atoms with van der Waals surface area (Å²) in [5.41, 5.74) is -0.686. The number of nitrogens with one attached hydrogen (secondary N) is 1. The van der Waals surface area contributed by atoms with Crippen molar-refractivity contribution in [3.63, 3.8) is 0 Å². The monoisotopic (exact) mass is 267 g/mol. The third-order valence-electron chi connectivity index (χ3n) is 1.51. The van der Waals surface area contributed by atoms with Crippen LogP contribution in [0.1, 0.15) is 25.6 Å². The first-order valence-electron chi connectivity index (χ1n) is 4.75. The van der Waals surface area contributed by atoms with Gasteiger partial charge in [0.2, 0.25) is 0 Å². The molecule has 96 valence electrons. The quantitative estimate of drug-likeness (QED) is 0.831. The highest BCUT2D eigenvalue weighted by Crippen LogP contribution is 2.36. The fraction of sp³-hybridized carbons (Fsp3) is 0.500. The van der Waals surface area contributed by atoms with E-state index in [-0.39, 0.29) is 5.00 Å². The van der Waals surface area contributed by atoms with Gasteiger partial charge in [0, 0.05) is 0 Å². The van der Waals surface area contributed by atoms with Gasteiger partial charge in [-0.05, 0) is 32.9 Å². The minimum Gasteiger partial charge on any atom is -0.444 e. The normalized spacial score (nSPS) is 12.4. The van der Waals surface area contributed by atoms with Crippen LogP contribution in [0.3, 0.4) is 0 Å². The highest BCUT2D eigenvalue weighted by molar-refractivity contribution is 7.16. The summed E-state index contributed by atoms with van der Waals surface area (Å²) in [6, 6.07) is 2.11. The summed E-state index contributed by atoms with van der Waals surface area (Å²) in [6.45, 7) is 5.01. The van der Waals surface area contributed by atoms with E-state index in [4.69, 9.17) is 4.74 Å². The van der Waals surface area contributed by atoms with E-state index in [0.717, 1.165) is 6.07 Å². The molecule has 0 saturated heterocycles. The van der Waals surface area contributed by atoms with Crippen molar-refractivity contribution in [2.24, 2.45) is 0 Å². The summed E-state index contributed by atoms with van der Waals surface area (Å²) >= 11 is 0.457. The van der Waals surface area contributed by atoms with Crippen LogP contribution in [0.2, 0.25) is 0 Å². The molecule has 0 spiro atoms. The molecule has 0 radical (unpaired) electrons. The lowest BCUT2D eigenvalue weighted by Crippen LogP contribution is -2.26. The number of carbonyl (C=O) groups is 1. The lowest BCUT2D eigenvalue weighted by Gasteiger charge is -2.19. The number of anilines is 1. The zero-order valence-electron chi connectivity index (χ0n) is 9.51. The zero-order chi connectivity index (χ0) is 13.3. The number of alkyl halides is 3. The summed E-state index contributed by atoms with van der Waals surface area (Å²) < 4.78 is 41.7. The number of carbonyl (C=O) groups excluding carboxylic acids is 1. The van der Waals surface area contributed by atoms with E-state index in [1.54, 1.807) is 20.8 Å². The molecule has 1 aromatic heterocycles. The third kappa shape index (κ3) is 4.64. The minimum absolute atomic E-state index is 0.103. The molecule has 0 bridgehead atoms. The van der Waals surface area contributed by atoms with Crippen LogP contribution in [0.25, 0.3) is 0 Å². The zero-order valence-corrected chi connectivity index (χ0v) is 10.3. The topological polar surface area (TPSA) is 38.3 Å². The number of hydrogen-bond acceptors (Lipinski definition) is 3. The Morgan fingerprint density at radius 2 is 1.88 bits per heavy atom. The molecule has 0 aromatic carbocycles. The Balaban J connectivity index is 2.65. The average molecular weight is 267 g/mol. The molecule has 1 amide bonds. The van der Waals surface area contributed by atoms with Gasteiger partial charge in [0.25, 0.3) is 0 Å². The minimum atomic E-state index is -4.39. The van der Waals surface area contributed by atoms with E-state index >= 15 is 0 Å². The Morgan fingerprint density at radius 1 is 1.29 bits per heavy atom. The van der Waals surface area contributed by atoms with Gasteiger partial charge in [-0.3, -0.25) is 5.32 Å². The molecule has 0 unspecified atom stereocenters. The molecule has 3 nitrogen and oxygen atoms in total. The van der Waals surface area contributed by atoms with Crippen molar-refractivity contribution in [2.75, 3.05) is 5.32 Å². The number of hydrogen-bond donors (Lipinski definition) is 1. The maximum atomic E-state index is 12.3. The second-order valence-electron chi connectivity index (χ2n) is 4.29. The van der Waals surface area contributed by atoms with Crippen molar-refractivity contribution in [3.8, 4) is 0 Å². The van der Waals surface area contributed by atoms with Crippen molar-refractivity contribution < 1.29 is 22.7 Å². The molecule has 7 heteroatoms. The smallest absolute Gasteiger partial charge is 0.425 e. The van der Waals surface area contributed by atoms with Crippen molar-refractivity contribution in [1.82, 2.24) is 0 Å². The Morgan fingerprint density at radius 3 is 2.29 bits per heavy atom. The number of rotatable bonds is 1. The van der Waals surface area contributed by atoms with E-state index < -0.39 is 22.7 Å². The molecule has 17 heavy (non-hydrogen) atoms. The van der Waals surface area contributed by atoms with Crippen LogP contribution >= 0.6 is 11.3 Å². The van der Waals surface area contributed by atoms with Crippen molar-refractivity contribution >= 4 is 22.4 Å². The van der Waals surface area contributed by atoms with Crippen molar-refractivity contribution in [3.05, 3.63) is 17.0 Å². The van der Waals surface area contributed by atoms with Crippen molar-refractivity contribution in [1.29, 1.82) is 0 Å². The van der Waals surface area contributed by atoms with Gasteiger partial charge in [0.05, 0.1) is 5.00 Å².